The van der Waals surface area contributed by atoms with Crippen LogP contribution in [0.5, 0.6) is 0 Å². The van der Waals surface area contributed by atoms with E-state index in [0.29, 0.717) is 18.9 Å². The molecule has 0 heterocycles. The Morgan fingerprint density at radius 2 is 1.89 bits per heavy atom. The average Bonchev–Trinajstić information content (AvgIpc) is 2.36. The van der Waals surface area contributed by atoms with E-state index in [1.165, 1.54) is 6.07 Å². The zero-order valence-corrected chi connectivity index (χ0v) is 12.5. The first kappa shape index (κ1) is 15.7. The molecule has 1 amide bonds. The first-order valence-corrected chi connectivity index (χ1v) is 8.13. The van der Waals surface area contributed by atoms with Crippen LogP contribution >= 0.6 is 0 Å². The van der Waals surface area contributed by atoms with Crippen molar-refractivity contribution < 1.29 is 13.2 Å². The topological polar surface area (TPSA) is 63.2 Å². The maximum atomic E-state index is 12.1. The molecule has 0 aromatic heterocycles. The molecule has 0 fully saturated rings. The molecule has 0 aliphatic rings. The van der Waals surface area contributed by atoms with E-state index in [4.69, 9.17) is 0 Å². The third kappa shape index (κ3) is 4.35. The highest BCUT2D eigenvalue weighted by Crippen LogP contribution is 2.17. The lowest BCUT2D eigenvalue weighted by Crippen LogP contribution is -2.28. The van der Waals surface area contributed by atoms with Crippen LogP contribution in [0.15, 0.2) is 29.2 Å². The minimum Gasteiger partial charge on any atom is -0.352 e. The lowest BCUT2D eigenvalue weighted by Gasteiger charge is -2.11. The molecule has 1 aromatic carbocycles. The van der Waals surface area contributed by atoms with Crippen LogP contribution < -0.4 is 5.32 Å². The van der Waals surface area contributed by atoms with Crippen molar-refractivity contribution in [2.45, 2.75) is 32.1 Å². The second kappa shape index (κ2) is 6.70. The van der Waals surface area contributed by atoms with Crippen LogP contribution in [0.4, 0.5) is 0 Å². The highest BCUT2D eigenvalue weighted by molar-refractivity contribution is 7.91. The molecule has 5 heteroatoms. The fraction of sp³-hybridized carbons (Fsp3) is 0.500. The van der Waals surface area contributed by atoms with Gasteiger partial charge in [-0.1, -0.05) is 32.9 Å². The fourth-order valence-corrected chi connectivity index (χ4v) is 3.24. The van der Waals surface area contributed by atoms with Gasteiger partial charge in [0.15, 0.2) is 9.84 Å². The number of sulfone groups is 1. The number of nitrogens with one attached hydrogen (secondary N) is 1. The van der Waals surface area contributed by atoms with Gasteiger partial charge in [-0.25, -0.2) is 8.42 Å². The summed E-state index contributed by atoms with van der Waals surface area (Å²) >= 11 is 0. The highest BCUT2D eigenvalue weighted by Gasteiger charge is 2.21. The van der Waals surface area contributed by atoms with Gasteiger partial charge in [0.25, 0.3) is 5.91 Å². The Morgan fingerprint density at radius 3 is 2.47 bits per heavy atom. The van der Waals surface area contributed by atoms with E-state index < -0.39 is 9.84 Å². The van der Waals surface area contributed by atoms with Gasteiger partial charge in [0.05, 0.1) is 16.2 Å². The second-order valence-corrected chi connectivity index (χ2v) is 7.00. The van der Waals surface area contributed by atoms with Crippen LogP contribution in [0, 0.1) is 5.92 Å². The maximum Gasteiger partial charge on any atom is 0.252 e. The van der Waals surface area contributed by atoms with Gasteiger partial charge in [0.1, 0.15) is 0 Å². The highest BCUT2D eigenvalue weighted by atomic mass is 32.2. The van der Waals surface area contributed by atoms with Crippen molar-refractivity contribution in [3.63, 3.8) is 0 Å². The number of hydrogen-bond acceptors (Lipinski definition) is 3. The second-order valence-electron chi connectivity index (χ2n) is 4.92. The normalized spacial score (nSPS) is 11.6. The van der Waals surface area contributed by atoms with E-state index in [1.54, 1.807) is 25.1 Å². The SMILES string of the molecule is CCCS(=O)(=O)c1ccccc1C(=O)NCC(C)C. The summed E-state index contributed by atoms with van der Waals surface area (Å²) in [5.41, 5.74) is 0.233. The lowest BCUT2D eigenvalue weighted by atomic mass is 10.2. The zero-order chi connectivity index (χ0) is 14.5. The minimum absolute atomic E-state index is 0.0570. The minimum atomic E-state index is -3.39. The van der Waals surface area contributed by atoms with Gasteiger partial charge in [0.2, 0.25) is 0 Å². The summed E-state index contributed by atoms with van der Waals surface area (Å²) in [6.07, 6.45) is 0.532. The predicted octanol–water partition coefficient (Wildman–Crippen LogP) is 2.26. The van der Waals surface area contributed by atoms with Gasteiger partial charge >= 0.3 is 0 Å². The molecular formula is C14H21NO3S. The predicted molar refractivity (Wildman–Crippen MR) is 76.0 cm³/mol. The Bertz CT molecular complexity index is 535. The molecular weight excluding hydrogens is 262 g/mol. The Labute approximate surface area is 115 Å². The summed E-state index contributed by atoms with van der Waals surface area (Å²) in [7, 11) is -3.39. The molecule has 106 valence electrons. The maximum absolute atomic E-state index is 12.1. The number of hydrogen-bond donors (Lipinski definition) is 1. The number of carbonyl (C=O) groups is 1. The molecule has 0 spiro atoms. The number of carbonyl (C=O) groups excluding carboxylic acids is 1. The van der Waals surface area contributed by atoms with Crippen LogP contribution in [0.2, 0.25) is 0 Å². The molecule has 1 N–H and O–H groups in total. The Kier molecular flexibility index (Phi) is 5.54. The molecule has 0 bridgehead atoms. The van der Waals surface area contributed by atoms with E-state index >= 15 is 0 Å². The van der Waals surface area contributed by atoms with Crippen LogP contribution in [0.1, 0.15) is 37.6 Å². The Balaban J connectivity index is 3.06. The van der Waals surface area contributed by atoms with Crippen LogP contribution in [-0.2, 0) is 9.84 Å². The van der Waals surface area contributed by atoms with Crippen molar-refractivity contribution in [2.75, 3.05) is 12.3 Å². The molecule has 1 rings (SSSR count). The molecule has 0 aliphatic heterocycles. The quantitative estimate of drug-likeness (QED) is 0.871. The molecule has 0 atom stereocenters. The van der Waals surface area contributed by atoms with E-state index in [2.05, 4.69) is 5.32 Å². The summed E-state index contributed by atoms with van der Waals surface area (Å²) < 4.78 is 24.2. The molecule has 0 unspecified atom stereocenters. The van der Waals surface area contributed by atoms with Crippen molar-refractivity contribution in [1.29, 1.82) is 0 Å². The smallest absolute Gasteiger partial charge is 0.252 e. The van der Waals surface area contributed by atoms with Gasteiger partial charge in [-0.3, -0.25) is 4.79 Å². The third-order valence-electron chi connectivity index (χ3n) is 2.61. The first-order chi connectivity index (χ1) is 8.88. The third-order valence-corrected chi connectivity index (χ3v) is 4.58. The first-order valence-electron chi connectivity index (χ1n) is 6.48. The van der Waals surface area contributed by atoms with Crippen LogP contribution in [0.3, 0.4) is 0 Å². The Morgan fingerprint density at radius 1 is 1.26 bits per heavy atom. The number of rotatable bonds is 6. The standard InChI is InChI=1S/C14H21NO3S/c1-4-9-19(17,18)13-8-6-5-7-12(13)14(16)15-10-11(2)3/h5-8,11H,4,9-10H2,1-3H3,(H,15,16). The van der Waals surface area contributed by atoms with E-state index in [0.717, 1.165) is 0 Å². The van der Waals surface area contributed by atoms with E-state index in [9.17, 15) is 13.2 Å². The summed E-state index contributed by atoms with van der Waals surface area (Å²) in [5, 5.41) is 2.75. The van der Waals surface area contributed by atoms with Gasteiger partial charge < -0.3 is 5.32 Å². The Hall–Kier alpha value is -1.36. The van der Waals surface area contributed by atoms with Crippen LogP contribution in [-0.4, -0.2) is 26.6 Å². The summed E-state index contributed by atoms with van der Waals surface area (Å²) in [6, 6.07) is 6.37. The summed E-state index contributed by atoms with van der Waals surface area (Å²) in [5.74, 6) is 0.0499. The molecule has 0 aliphatic carbocycles. The van der Waals surface area contributed by atoms with Crippen molar-refractivity contribution in [1.82, 2.24) is 5.32 Å². The van der Waals surface area contributed by atoms with Gasteiger partial charge in [-0.05, 0) is 24.5 Å². The number of benzene rings is 1. The van der Waals surface area contributed by atoms with Crippen molar-refractivity contribution >= 4 is 15.7 Å². The van der Waals surface area contributed by atoms with Crippen molar-refractivity contribution in [3.8, 4) is 0 Å². The molecule has 1 aromatic rings. The van der Waals surface area contributed by atoms with Gasteiger partial charge in [-0.15, -0.1) is 0 Å². The zero-order valence-electron chi connectivity index (χ0n) is 11.6. The van der Waals surface area contributed by atoms with Crippen LogP contribution in [0.25, 0.3) is 0 Å². The fourth-order valence-electron chi connectivity index (χ4n) is 1.70. The number of amides is 1. The van der Waals surface area contributed by atoms with Crippen molar-refractivity contribution in [3.05, 3.63) is 29.8 Å². The van der Waals surface area contributed by atoms with E-state index in [-0.39, 0.29) is 22.1 Å². The molecule has 0 radical (unpaired) electrons. The average molecular weight is 283 g/mol. The summed E-state index contributed by atoms with van der Waals surface area (Å²) in [6.45, 7) is 6.31. The van der Waals surface area contributed by atoms with Gasteiger partial charge in [-0.2, -0.15) is 0 Å². The molecule has 0 saturated carbocycles. The van der Waals surface area contributed by atoms with Gasteiger partial charge in [0, 0.05) is 6.54 Å². The lowest BCUT2D eigenvalue weighted by molar-refractivity contribution is 0.0945. The van der Waals surface area contributed by atoms with Crippen molar-refractivity contribution in [2.24, 2.45) is 5.92 Å². The monoisotopic (exact) mass is 283 g/mol. The summed E-state index contributed by atoms with van der Waals surface area (Å²) in [4.78, 5) is 12.2. The molecule has 4 nitrogen and oxygen atoms in total. The van der Waals surface area contributed by atoms with E-state index in [1.807, 2.05) is 13.8 Å². The molecule has 19 heavy (non-hydrogen) atoms. The largest absolute Gasteiger partial charge is 0.352 e. The molecule has 0 saturated heterocycles.